The van der Waals surface area contributed by atoms with Crippen LogP contribution >= 0.6 is 22.9 Å². The van der Waals surface area contributed by atoms with Crippen molar-refractivity contribution < 1.29 is 4.79 Å². The molecule has 0 unspecified atom stereocenters. The molecule has 1 aromatic carbocycles. The SMILES string of the molecule is Cc1cc2c(s1)CCCN(CCCCCCN1CCN(c3cccc(Cl)c3)CC1)C2=O. The van der Waals surface area contributed by atoms with Gasteiger partial charge in [0.05, 0.1) is 5.56 Å². The summed E-state index contributed by atoms with van der Waals surface area (Å²) in [6.07, 6.45) is 6.98. The average molecular weight is 460 g/mol. The van der Waals surface area contributed by atoms with E-state index in [1.807, 2.05) is 12.1 Å². The van der Waals surface area contributed by atoms with E-state index in [1.165, 1.54) is 41.2 Å². The summed E-state index contributed by atoms with van der Waals surface area (Å²) in [5, 5.41) is 0.813. The maximum atomic E-state index is 12.8. The first-order valence-electron chi connectivity index (χ1n) is 11.7. The van der Waals surface area contributed by atoms with Gasteiger partial charge in [0.2, 0.25) is 0 Å². The van der Waals surface area contributed by atoms with Crippen LogP contribution in [0.1, 0.15) is 52.2 Å². The van der Waals surface area contributed by atoms with Gasteiger partial charge in [-0.05, 0) is 63.4 Å². The Bertz CT molecular complexity index is 875. The van der Waals surface area contributed by atoms with Crippen molar-refractivity contribution in [2.24, 2.45) is 0 Å². The second kappa shape index (κ2) is 10.8. The van der Waals surface area contributed by atoms with Crippen molar-refractivity contribution in [3.8, 4) is 0 Å². The van der Waals surface area contributed by atoms with E-state index in [0.717, 1.165) is 69.1 Å². The van der Waals surface area contributed by atoms with Crippen LogP contribution in [0.4, 0.5) is 5.69 Å². The molecule has 0 bridgehead atoms. The van der Waals surface area contributed by atoms with Gasteiger partial charge in [0.25, 0.3) is 5.91 Å². The van der Waals surface area contributed by atoms with Crippen LogP contribution in [0.15, 0.2) is 30.3 Å². The molecule has 31 heavy (non-hydrogen) atoms. The standard InChI is InChI=1S/C25H34ClN3OS/c1-20-18-23-24(31-20)10-7-13-29(25(23)30)12-5-3-2-4-11-27-14-16-28(17-15-27)22-9-6-8-21(26)19-22/h6,8-9,18-19H,2-5,7,10-17H2,1H3. The zero-order chi connectivity index (χ0) is 21.6. The largest absolute Gasteiger partial charge is 0.369 e. The predicted molar refractivity (Wildman–Crippen MR) is 132 cm³/mol. The Morgan fingerprint density at radius 3 is 2.52 bits per heavy atom. The summed E-state index contributed by atoms with van der Waals surface area (Å²) >= 11 is 7.93. The molecule has 6 heteroatoms. The number of carbonyl (C=O) groups excluding carboxylic acids is 1. The van der Waals surface area contributed by atoms with E-state index in [2.05, 4.69) is 39.8 Å². The van der Waals surface area contributed by atoms with E-state index >= 15 is 0 Å². The summed E-state index contributed by atoms with van der Waals surface area (Å²) in [6.45, 7) is 9.50. The minimum Gasteiger partial charge on any atom is -0.369 e. The minimum absolute atomic E-state index is 0.259. The Morgan fingerprint density at radius 2 is 1.74 bits per heavy atom. The zero-order valence-corrected chi connectivity index (χ0v) is 20.2. The quantitative estimate of drug-likeness (QED) is 0.489. The maximum Gasteiger partial charge on any atom is 0.254 e. The molecule has 0 aliphatic carbocycles. The molecule has 1 aromatic heterocycles. The van der Waals surface area contributed by atoms with Crippen LogP contribution in [0.5, 0.6) is 0 Å². The fraction of sp³-hybridized carbons (Fsp3) is 0.560. The highest BCUT2D eigenvalue weighted by Crippen LogP contribution is 2.27. The van der Waals surface area contributed by atoms with Crippen LogP contribution < -0.4 is 4.90 Å². The van der Waals surface area contributed by atoms with Crippen LogP contribution in [0, 0.1) is 6.92 Å². The number of nitrogens with zero attached hydrogens (tertiary/aromatic N) is 3. The fourth-order valence-electron chi connectivity index (χ4n) is 4.74. The molecule has 0 saturated carbocycles. The number of unbranched alkanes of at least 4 members (excludes halogenated alkanes) is 3. The number of rotatable bonds is 8. The third kappa shape index (κ3) is 6.03. The molecule has 2 aliphatic rings. The molecule has 0 atom stereocenters. The highest BCUT2D eigenvalue weighted by Gasteiger charge is 2.23. The first-order chi connectivity index (χ1) is 15.1. The first kappa shape index (κ1) is 22.6. The molecule has 0 radical (unpaired) electrons. The van der Waals surface area contributed by atoms with Crippen molar-refractivity contribution in [3.05, 3.63) is 50.7 Å². The topological polar surface area (TPSA) is 26.8 Å². The van der Waals surface area contributed by atoms with E-state index in [-0.39, 0.29) is 5.91 Å². The van der Waals surface area contributed by atoms with Crippen molar-refractivity contribution in [1.82, 2.24) is 9.80 Å². The number of piperazine rings is 1. The molecule has 1 saturated heterocycles. The van der Waals surface area contributed by atoms with Crippen molar-refractivity contribution in [3.63, 3.8) is 0 Å². The van der Waals surface area contributed by atoms with Crippen LogP contribution in [0.2, 0.25) is 5.02 Å². The number of halogens is 1. The second-order valence-electron chi connectivity index (χ2n) is 8.81. The normalized spacial score (nSPS) is 17.7. The summed E-state index contributed by atoms with van der Waals surface area (Å²) in [4.78, 5) is 22.5. The van der Waals surface area contributed by atoms with E-state index in [0.29, 0.717) is 0 Å². The molecule has 2 aliphatic heterocycles. The van der Waals surface area contributed by atoms with Gasteiger partial charge in [0.1, 0.15) is 0 Å². The first-order valence-corrected chi connectivity index (χ1v) is 12.9. The molecule has 1 fully saturated rings. The summed E-state index contributed by atoms with van der Waals surface area (Å²) < 4.78 is 0. The molecule has 0 spiro atoms. The molecule has 2 aromatic rings. The zero-order valence-electron chi connectivity index (χ0n) is 18.6. The van der Waals surface area contributed by atoms with Gasteiger partial charge in [-0.25, -0.2) is 0 Å². The fourth-order valence-corrected chi connectivity index (χ4v) is 5.99. The number of thiophene rings is 1. The van der Waals surface area contributed by atoms with Crippen molar-refractivity contribution in [2.75, 3.05) is 50.7 Å². The van der Waals surface area contributed by atoms with Gasteiger partial charge >= 0.3 is 0 Å². The molecule has 0 N–H and O–H groups in total. The van der Waals surface area contributed by atoms with Gasteiger partial charge in [0, 0.05) is 59.7 Å². The average Bonchev–Trinajstić information content (AvgIpc) is 3.08. The summed E-state index contributed by atoms with van der Waals surface area (Å²) in [5.74, 6) is 0.259. The van der Waals surface area contributed by atoms with Crippen LogP contribution in [-0.2, 0) is 6.42 Å². The number of benzene rings is 1. The number of anilines is 1. The number of fused-ring (bicyclic) bond motifs is 1. The van der Waals surface area contributed by atoms with Crippen LogP contribution in [-0.4, -0.2) is 61.5 Å². The lowest BCUT2D eigenvalue weighted by molar-refractivity contribution is 0.0758. The van der Waals surface area contributed by atoms with E-state index in [9.17, 15) is 4.79 Å². The Balaban J connectivity index is 1.11. The molecule has 168 valence electrons. The Kier molecular flexibility index (Phi) is 7.91. The number of hydrogen-bond acceptors (Lipinski definition) is 4. The van der Waals surface area contributed by atoms with Crippen LogP contribution in [0.3, 0.4) is 0 Å². The molecule has 1 amide bonds. The van der Waals surface area contributed by atoms with Gasteiger partial charge < -0.3 is 9.80 Å². The second-order valence-corrected chi connectivity index (χ2v) is 10.6. The third-order valence-electron chi connectivity index (χ3n) is 6.48. The lowest BCUT2D eigenvalue weighted by atomic mass is 10.1. The smallest absolute Gasteiger partial charge is 0.254 e. The number of carbonyl (C=O) groups is 1. The molecule has 4 nitrogen and oxygen atoms in total. The Hall–Kier alpha value is -1.56. The Morgan fingerprint density at radius 1 is 0.968 bits per heavy atom. The monoisotopic (exact) mass is 459 g/mol. The van der Waals surface area contributed by atoms with Gasteiger partial charge in [-0.2, -0.15) is 0 Å². The lowest BCUT2D eigenvalue weighted by Gasteiger charge is -2.36. The highest BCUT2D eigenvalue weighted by molar-refractivity contribution is 7.12. The molecule has 3 heterocycles. The van der Waals surface area contributed by atoms with E-state index < -0.39 is 0 Å². The van der Waals surface area contributed by atoms with E-state index in [4.69, 9.17) is 11.6 Å². The third-order valence-corrected chi connectivity index (χ3v) is 7.83. The van der Waals surface area contributed by atoms with Gasteiger partial charge in [-0.3, -0.25) is 9.69 Å². The van der Waals surface area contributed by atoms with Gasteiger partial charge in [-0.15, -0.1) is 11.3 Å². The van der Waals surface area contributed by atoms with E-state index in [1.54, 1.807) is 11.3 Å². The Labute approximate surface area is 195 Å². The minimum atomic E-state index is 0.259. The number of hydrogen-bond donors (Lipinski definition) is 0. The van der Waals surface area contributed by atoms with Crippen molar-refractivity contribution in [2.45, 2.75) is 45.4 Å². The van der Waals surface area contributed by atoms with Crippen LogP contribution in [0.25, 0.3) is 0 Å². The van der Waals surface area contributed by atoms with Gasteiger partial charge in [-0.1, -0.05) is 30.5 Å². The lowest BCUT2D eigenvalue weighted by Crippen LogP contribution is -2.46. The summed E-state index contributed by atoms with van der Waals surface area (Å²) in [6, 6.07) is 10.3. The molecule has 4 rings (SSSR count). The van der Waals surface area contributed by atoms with Crippen molar-refractivity contribution >= 4 is 34.5 Å². The highest BCUT2D eigenvalue weighted by atomic mass is 35.5. The van der Waals surface area contributed by atoms with Crippen molar-refractivity contribution in [1.29, 1.82) is 0 Å². The maximum absolute atomic E-state index is 12.8. The number of amides is 1. The number of aryl methyl sites for hydroxylation is 2. The van der Waals surface area contributed by atoms with Gasteiger partial charge in [0.15, 0.2) is 0 Å². The molecular formula is C25H34ClN3OS. The molecular weight excluding hydrogens is 426 g/mol. The predicted octanol–water partition coefficient (Wildman–Crippen LogP) is 5.48. The summed E-state index contributed by atoms with van der Waals surface area (Å²) in [7, 11) is 0. The summed E-state index contributed by atoms with van der Waals surface area (Å²) in [5.41, 5.74) is 2.21.